The Hall–Kier alpha value is -3.37. The Bertz CT molecular complexity index is 1100. The minimum absolute atomic E-state index is 0.413. The predicted octanol–water partition coefficient (Wildman–Crippen LogP) is 4.05. The Morgan fingerprint density at radius 3 is 2.64 bits per heavy atom. The van der Waals surface area contributed by atoms with E-state index in [-0.39, 0.29) is 0 Å². The summed E-state index contributed by atoms with van der Waals surface area (Å²) in [6.45, 7) is 0.556. The van der Waals surface area contributed by atoms with E-state index in [0.717, 1.165) is 38.8 Å². The van der Waals surface area contributed by atoms with Crippen LogP contribution in [0, 0.1) is 11.3 Å². The van der Waals surface area contributed by atoms with Crippen LogP contribution in [0.25, 0.3) is 16.7 Å². The molecule has 2 heterocycles. The van der Waals surface area contributed by atoms with Crippen LogP contribution in [0.15, 0.2) is 72.1 Å². The van der Waals surface area contributed by atoms with E-state index in [1.54, 1.807) is 24.3 Å². The summed E-state index contributed by atoms with van der Waals surface area (Å²) in [7, 11) is 0. The fraction of sp³-hybridized carbons (Fsp3) is 0.143. The number of thioether (sulfide) groups is 1. The number of hydrogen-bond acceptors (Lipinski definition) is 6. The lowest BCUT2D eigenvalue weighted by Gasteiger charge is -2.07. The maximum absolute atomic E-state index is 8.71. The van der Waals surface area contributed by atoms with Gasteiger partial charge in [-0.15, -0.1) is 11.8 Å². The summed E-state index contributed by atoms with van der Waals surface area (Å²) in [5.41, 5.74) is 2.75. The molecule has 138 valence electrons. The number of benzene rings is 2. The quantitative estimate of drug-likeness (QED) is 0.270. The summed E-state index contributed by atoms with van der Waals surface area (Å²) in [6, 6.07) is 19.7. The molecule has 6 nitrogen and oxygen atoms in total. The predicted molar refractivity (Wildman–Crippen MR) is 109 cm³/mol. The van der Waals surface area contributed by atoms with Crippen molar-refractivity contribution in [1.29, 1.82) is 5.26 Å². The lowest BCUT2D eigenvalue weighted by molar-refractivity contribution is 0.344. The monoisotopic (exact) mass is 387 g/mol. The molecular weight excluding hydrogens is 370 g/mol. The van der Waals surface area contributed by atoms with Gasteiger partial charge in [-0.3, -0.25) is 0 Å². The van der Waals surface area contributed by atoms with Crippen LogP contribution in [0.1, 0.15) is 5.56 Å². The second-order valence-electron chi connectivity index (χ2n) is 5.98. The molecule has 0 aliphatic heterocycles. The number of rotatable bonds is 7. The Balaban J connectivity index is 1.40. The van der Waals surface area contributed by atoms with E-state index in [1.165, 1.54) is 0 Å². The van der Waals surface area contributed by atoms with Gasteiger partial charge in [-0.1, -0.05) is 30.3 Å². The molecule has 0 N–H and O–H groups in total. The first-order chi connectivity index (χ1) is 13.8. The third kappa shape index (κ3) is 3.97. The van der Waals surface area contributed by atoms with Crippen LogP contribution in [-0.2, 0) is 6.42 Å². The molecule has 28 heavy (non-hydrogen) atoms. The van der Waals surface area contributed by atoms with E-state index in [1.807, 2.05) is 59.3 Å². The number of para-hydroxylation sites is 1. The van der Waals surface area contributed by atoms with Gasteiger partial charge in [0.25, 0.3) is 0 Å². The van der Waals surface area contributed by atoms with Crippen molar-refractivity contribution in [2.24, 2.45) is 0 Å². The van der Waals surface area contributed by atoms with E-state index in [4.69, 9.17) is 10.00 Å². The third-order valence-electron chi connectivity index (χ3n) is 4.13. The minimum atomic E-state index is 0.413. The van der Waals surface area contributed by atoms with E-state index in [2.05, 4.69) is 21.1 Å². The van der Waals surface area contributed by atoms with Gasteiger partial charge < -0.3 is 4.74 Å². The minimum Gasteiger partial charge on any atom is -0.493 e. The second kappa shape index (κ2) is 8.55. The van der Waals surface area contributed by atoms with Gasteiger partial charge in [0.05, 0.1) is 36.4 Å². The van der Waals surface area contributed by atoms with Crippen molar-refractivity contribution in [3.8, 4) is 17.5 Å². The Morgan fingerprint density at radius 1 is 1.04 bits per heavy atom. The standard InChI is InChI=1S/C21H17N5OS/c22-11-10-16-6-8-18(9-7-16)27-12-13-28-21-19-14-25-26(20(19)23-15-24-21)17-4-2-1-3-5-17/h1-9,14-15H,10,12-13H2. The Morgan fingerprint density at radius 2 is 1.86 bits per heavy atom. The Labute approximate surface area is 166 Å². The molecule has 0 amide bonds. The highest BCUT2D eigenvalue weighted by Gasteiger charge is 2.11. The molecule has 0 saturated heterocycles. The van der Waals surface area contributed by atoms with Crippen molar-refractivity contribution in [2.45, 2.75) is 11.4 Å². The molecule has 0 fully saturated rings. The first-order valence-corrected chi connectivity index (χ1v) is 9.79. The maximum Gasteiger partial charge on any atom is 0.167 e. The number of aromatic nitrogens is 4. The zero-order valence-corrected chi connectivity index (χ0v) is 15.8. The first-order valence-electron chi connectivity index (χ1n) is 8.81. The second-order valence-corrected chi connectivity index (χ2v) is 7.07. The molecule has 7 heteroatoms. The molecule has 0 saturated carbocycles. The zero-order valence-electron chi connectivity index (χ0n) is 15.0. The highest BCUT2D eigenvalue weighted by molar-refractivity contribution is 7.99. The van der Waals surface area contributed by atoms with E-state index in [0.29, 0.717) is 13.0 Å². The molecule has 4 rings (SSSR count). The van der Waals surface area contributed by atoms with Crippen LogP contribution in [-0.4, -0.2) is 32.1 Å². The largest absolute Gasteiger partial charge is 0.493 e. The molecule has 2 aromatic carbocycles. The third-order valence-corrected chi connectivity index (χ3v) is 5.10. The van der Waals surface area contributed by atoms with Crippen LogP contribution in [0.3, 0.4) is 0 Å². The SMILES string of the molecule is N#CCc1ccc(OCCSc2ncnc3c2cnn3-c2ccccc2)cc1. The summed E-state index contributed by atoms with van der Waals surface area (Å²) in [5.74, 6) is 1.55. The van der Waals surface area contributed by atoms with Gasteiger partial charge in [0.1, 0.15) is 17.1 Å². The molecule has 0 aliphatic carbocycles. The maximum atomic E-state index is 8.71. The van der Waals surface area contributed by atoms with Crippen molar-refractivity contribution < 1.29 is 4.74 Å². The summed E-state index contributed by atoms with van der Waals surface area (Å²) in [5, 5.41) is 15.0. The van der Waals surface area contributed by atoms with Crippen LogP contribution >= 0.6 is 11.8 Å². The number of fused-ring (bicyclic) bond motifs is 1. The average molecular weight is 387 g/mol. The van der Waals surface area contributed by atoms with Gasteiger partial charge >= 0.3 is 0 Å². The molecule has 4 aromatic rings. The normalized spacial score (nSPS) is 10.7. The Kier molecular flexibility index (Phi) is 5.50. The van der Waals surface area contributed by atoms with Crippen LogP contribution in [0.5, 0.6) is 5.75 Å². The summed E-state index contributed by atoms with van der Waals surface area (Å²) >= 11 is 1.62. The molecule has 0 radical (unpaired) electrons. The molecule has 0 spiro atoms. The van der Waals surface area contributed by atoms with E-state index < -0.39 is 0 Å². The lowest BCUT2D eigenvalue weighted by atomic mass is 10.2. The van der Waals surface area contributed by atoms with Crippen molar-refractivity contribution in [3.05, 3.63) is 72.7 Å². The van der Waals surface area contributed by atoms with Gasteiger partial charge in [-0.05, 0) is 29.8 Å². The highest BCUT2D eigenvalue weighted by Crippen LogP contribution is 2.25. The zero-order chi connectivity index (χ0) is 19.2. The van der Waals surface area contributed by atoms with Gasteiger partial charge in [0, 0.05) is 5.75 Å². The van der Waals surface area contributed by atoms with E-state index in [9.17, 15) is 0 Å². The van der Waals surface area contributed by atoms with Crippen LogP contribution in [0.4, 0.5) is 0 Å². The number of nitrogens with zero attached hydrogens (tertiary/aromatic N) is 5. The smallest absolute Gasteiger partial charge is 0.167 e. The first kappa shape index (κ1) is 18.0. The molecule has 0 unspecified atom stereocenters. The molecule has 2 aromatic heterocycles. The van der Waals surface area contributed by atoms with Crippen LogP contribution in [0.2, 0.25) is 0 Å². The summed E-state index contributed by atoms with van der Waals surface area (Å²) in [4.78, 5) is 8.80. The van der Waals surface area contributed by atoms with Crippen molar-refractivity contribution in [2.75, 3.05) is 12.4 Å². The van der Waals surface area contributed by atoms with Crippen molar-refractivity contribution in [3.63, 3.8) is 0 Å². The van der Waals surface area contributed by atoms with Crippen LogP contribution < -0.4 is 4.74 Å². The number of ether oxygens (including phenoxy) is 1. The fourth-order valence-electron chi connectivity index (χ4n) is 2.79. The van der Waals surface area contributed by atoms with E-state index >= 15 is 0 Å². The van der Waals surface area contributed by atoms with Gasteiger partial charge in [-0.25, -0.2) is 14.6 Å². The van der Waals surface area contributed by atoms with Crippen molar-refractivity contribution >= 4 is 22.8 Å². The lowest BCUT2D eigenvalue weighted by Crippen LogP contribution is -2.01. The topological polar surface area (TPSA) is 76.6 Å². The summed E-state index contributed by atoms with van der Waals surface area (Å²) < 4.78 is 7.60. The van der Waals surface area contributed by atoms with Crippen molar-refractivity contribution in [1.82, 2.24) is 19.7 Å². The molecule has 0 aliphatic rings. The number of nitriles is 1. The molecular formula is C21H17N5OS. The average Bonchev–Trinajstić information content (AvgIpc) is 3.18. The summed E-state index contributed by atoms with van der Waals surface area (Å²) in [6.07, 6.45) is 3.79. The number of hydrogen-bond donors (Lipinski definition) is 0. The van der Waals surface area contributed by atoms with Gasteiger partial charge in [0.2, 0.25) is 0 Å². The highest BCUT2D eigenvalue weighted by atomic mass is 32.2. The van der Waals surface area contributed by atoms with Gasteiger partial charge in [0.15, 0.2) is 5.65 Å². The van der Waals surface area contributed by atoms with Gasteiger partial charge in [-0.2, -0.15) is 10.4 Å². The molecule has 0 atom stereocenters. The molecule has 0 bridgehead atoms. The fourth-order valence-corrected chi connectivity index (χ4v) is 3.57.